The van der Waals surface area contributed by atoms with Gasteiger partial charge >= 0.3 is 0 Å². The van der Waals surface area contributed by atoms with Crippen molar-refractivity contribution in [2.45, 2.75) is 27.7 Å². The van der Waals surface area contributed by atoms with Crippen LogP contribution < -0.4 is 4.90 Å². The van der Waals surface area contributed by atoms with Crippen LogP contribution in [0.1, 0.15) is 34.2 Å². The number of carbonyl (C=O) groups excluding carboxylic acids is 1. The van der Waals surface area contributed by atoms with E-state index in [1.165, 1.54) is 0 Å². The molecule has 0 aliphatic heterocycles. The Morgan fingerprint density at radius 2 is 1.95 bits per heavy atom. The predicted octanol–water partition coefficient (Wildman–Crippen LogP) is 3.61. The maximum atomic E-state index is 12.6. The highest BCUT2D eigenvalue weighted by Crippen LogP contribution is 2.20. The number of nitrogens with one attached hydrogen (secondary N) is 1. The quantitative estimate of drug-likeness (QED) is 0.894. The van der Waals surface area contributed by atoms with E-state index in [1.807, 2.05) is 62.9 Å². The molecule has 0 unspecified atom stereocenters. The standard InChI is InChI=1S/C16H20N2O/c1-5-18(14-8-6-7-11(2)9-14)16(19)15-10-12(3)17-13(15)4/h6-10,17H,5H2,1-4H3. The van der Waals surface area contributed by atoms with Gasteiger partial charge in [0.05, 0.1) is 5.56 Å². The van der Waals surface area contributed by atoms with Gasteiger partial charge in [-0.25, -0.2) is 0 Å². The molecule has 0 radical (unpaired) electrons. The molecule has 19 heavy (non-hydrogen) atoms. The minimum absolute atomic E-state index is 0.0509. The van der Waals surface area contributed by atoms with Crippen molar-refractivity contribution in [2.75, 3.05) is 11.4 Å². The average Bonchev–Trinajstić information content (AvgIpc) is 2.69. The number of benzene rings is 1. The molecule has 1 N–H and O–H groups in total. The van der Waals surface area contributed by atoms with Gasteiger partial charge in [0, 0.05) is 23.6 Å². The lowest BCUT2D eigenvalue weighted by Gasteiger charge is -2.21. The van der Waals surface area contributed by atoms with Crippen molar-refractivity contribution >= 4 is 11.6 Å². The summed E-state index contributed by atoms with van der Waals surface area (Å²) in [5.41, 5.74) is 4.80. The number of anilines is 1. The molecule has 0 fully saturated rings. The zero-order chi connectivity index (χ0) is 14.0. The molecule has 1 aromatic heterocycles. The van der Waals surface area contributed by atoms with Crippen molar-refractivity contribution in [3.63, 3.8) is 0 Å². The minimum atomic E-state index is 0.0509. The number of aromatic nitrogens is 1. The second-order valence-electron chi connectivity index (χ2n) is 4.88. The van der Waals surface area contributed by atoms with Crippen molar-refractivity contribution in [2.24, 2.45) is 0 Å². The first-order valence-electron chi connectivity index (χ1n) is 6.57. The second-order valence-corrected chi connectivity index (χ2v) is 4.88. The van der Waals surface area contributed by atoms with Crippen LogP contribution in [0, 0.1) is 20.8 Å². The summed E-state index contributed by atoms with van der Waals surface area (Å²) >= 11 is 0. The summed E-state index contributed by atoms with van der Waals surface area (Å²) < 4.78 is 0. The lowest BCUT2D eigenvalue weighted by molar-refractivity contribution is 0.0988. The molecule has 2 aromatic rings. The van der Waals surface area contributed by atoms with E-state index in [1.54, 1.807) is 0 Å². The molecule has 0 saturated heterocycles. The summed E-state index contributed by atoms with van der Waals surface area (Å²) in [6.07, 6.45) is 0. The fraction of sp³-hybridized carbons (Fsp3) is 0.312. The molecule has 0 spiro atoms. The largest absolute Gasteiger partial charge is 0.362 e. The van der Waals surface area contributed by atoms with Gasteiger partial charge in [-0.1, -0.05) is 12.1 Å². The number of aromatic amines is 1. The summed E-state index contributed by atoms with van der Waals surface area (Å²) in [5, 5.41) is 0. The van der Waals surface area contributed by atoms with Crippen molar-refractivity contribution in [3.05, 3.63) is 52.8 Å². The molecule has 0 aliphatic carbocycles. The predicted molar refractivity (Wildman–Crippen MR) is 78.8 cm³/mol. The van der Waals surface area contributed by atoms with E-state index in [4.69, 9.17) is 0 Å². The fourth-order valence-corrected chi connectivity index (χ4v) is 2.33. The zero-order valence-corrected chi connectivity index (χ0v) is 11.9. The third kappa shape index (κ3) is 2.70. The van der Waals surface area contributed by atoms with Gasteiger partial charge in [0.15, 0.2) is 0 Å². The first-order valence-corrected chi connectivity index (χ1v) is 6.57. The van der Waals surface area contributed by atoms with E-state index >= 15 is 0 Å². The van der Waals surface area contributed by atoms with Crippen molar-refractivity contribution < 1.29 is 4.79 Å². The Balaban J connectivity index is 2.37. The first-order chi connectivity index (χ1) is 9.02. The Bertz CT molecular complexity index is 599. The summed E-state index contributed by atoms with van der Waals surface area (Å²) in [4.78, 5) is 17.6. The summed E-state index contributed by atoms with van der Waals surface area (Å²) in [6.45, 7) is 8.59. The minimum Gasteiger partial charge on any atom is -0.362 e. The van der Waals surface area contributed by atoms with Crippen LogP contribution in [0.5, 0.6) is 0 Å². The van der Waals surface area contributed by atoms with Gasteiger partial charge in [-0.3, -0.25) is 4.79 Å². The van der Waals surface area contributed by atoms with Crippen LogP contribution >= 0.6 is 0 Å². The fourth-order valence-electron chi connectivity index (χ4n) is 2.33. The number of aryl methyl sites for hydroxylation is 3. The third-order valence-electron chi connectivity index (χ3n) is 3.25. The molecule has 3 nitrogen and oxygen atoms in total. The number of hydrogen-bond donors (Lipinski definition) is 1. The van der Waals surface area contributed by atoms with E-state index < -0.39 is 0 Å². The van der Waals surface area contributed by atoms with E-state index in [9.17, 15) is 4.79 Å². The first kappa shape index (κ1) is 13.4. The monoisotopic (exact) mass is 256 g/mol. The molecule has 0 bridgehead atoms. The Morgan fingerprint density at radius 3 is 2.47 bits per heavy atom. The van der Waals surface area contributed by atoms with Crippen LogP contribution in [0.25, 0.3) is 0 Å². The highest BCUT2D eigenvalue weighted by molar-refractivity contribution is 6.07. The molecule has 0 saturated carbocycles. The van der Waals surface area contributed by atoms with Crippen molar-refractivity contribution in [3.8, 4) is 0 Å². The van der Waals surface area contributed by atoms with E-state index in [-0.39, 0.29) is 5.91 Å². The number of nitrogens with zero attached hydrogens (tertiary/aromatic N) is 1. The number of H-pyrrole nitrogens is 1. The molecular weight excluding hydrogens is 236 g/mol. The number of rotatable bonds is 3. The Hall–Kier alpha value is -2.03. The van der Waals surface area contributed by atoms with Gasteiger partial charge in [0.1, 0.15) is 0 Å². The van der Waals surface area contributed by atoms with Crippen LogP contribution in [0.15, 0.2) is 30.3 Å². The molecule has 100 valence electrons. The van der Waals surface area contributed by atoms with Crippen molar-refractivity contribution in [1.82, 2.24) is 4.98 Å². The number of amides is 1. The smallest absolute Gasteiger partial charge is 0.260 e. The summed E-state index contributed by atoms with van der Waals surface area (Å²) in [5.74, 6) is 0.0509. The molecule has 0 atom stereocenters. The van der Waals surface area contributed by atoms with E-state index in [2.05, 4.69) is 4.98 Å². The van der Waals surface area contributed by atoms with Gasteiger partial charge in [0.25, 0.3) is 5.91 Å². The van der Waals surface area contributed by atoms with Gasteiger partial charge < -0.3 is 9.88 Å². The highest BCUT2D eigenvalue weighted by Gasteiger charge is 2.19. The Morgan fingerprint density at radius 1 is 1.21 bits per heavy atom. The zero-order valence-electron chi connectivity index (χ0n) is 11.9. The molecule has 2 rings (SSSR count). The maximum Gasteiger partial charge on any atom is 0.260 e. The van der Waals surface area contributed by atoms with Gasteiger partial charge in [-0.05, 0) is 51.5 Å². The molecular formula is C16H20N2O. The van der Waals surface area contributed by atoms with Crippen LogP contribution in [0.3, 0.4) is 0 Å². The van der Waals surface area contributed by atoms with Crippen LogP contribution in [0.2, 0.25) is 0 Å². The van der Waals surface area contributed by atoms with Crippen LogP contribution in [-0.4, -0.2) is 17.4 Å². The number of carbonyl (C=O) groups is 1. The maximum absolute atomic E-state index is 12.6. The van der Waals surface area contributed by atoms with Gasteiger partial charge in [-0.2, -0.15) is 0 Å². The lowest BCUT2D eigenvalue weighted by atomic mass is 10.1. The van der Waals surface area contributed by atoms with E-state index in [0.717, 1.165) is 28.2 Å². The van der Waals surface area contributed by atoms with Crippen LogP contribution in [0.4, 0.5) is 5.69 Å². The average molecular weight is 256 g/mol. The molecule has 3 heteroatoms. The summed E-state index contributed by atoms with van der Waals surface area (Å²) in [7, 11) is 0. The van der Waals surface area contributed by atoms with Gasteiger partial charge in [0.2, 0.25) is 0 Å². The highest BCUT2D eigenvalue weighted by atomic mass is 16.2. The second kappa shape index (κ2) is 5.31. The normalized spacial score (nSPS) is 10.5. The Labute approximate surface area is 114 Å². The SMILES string of the molecule is CCN(C(=O)c1cc(C)[nH]c1C)c1cccc(C)c1. The van der Waals surface area contributed by atoms with Gasteiger partial charge in [-0.15, -0.1) is 0 Å². The molecule has 1 amide bonds. The lowest BCUT2D eigenvalue weighted by Crippen LogP contribution is -2.30. The molecule has 1 heterocycles. The number of hydrogen-bond acceptors (Lipinski definition) is 1. The third-order valence-corrected chi connectivity index (χ3v) is 3.25. The summed E-state index contributed by atoms with van der Waals surface area (Å²) in [6, 6.07) is 9.94. The molecule has 1 aromatic carbocycles. The van der Waals surface area contributed by atoms with Crippen molar-refractivity contribution in [1.29, 1.82) is 0 Å². The Kier molecular flexibility index (Phi) is 3.74. The molecule has 0 aliphatic rings. The van der Waals surface area contributed by atoms with Crippen LogP contribution in [-0.2, 0) is 0 Å². The van der Waals surface area contributed by atoms with E-state index in [0.29, 0.717) is 6.54 Å². The topological polar surface area (TPSA) is 36.1 Å².